The second-order valence-electron chi connectivity index (χ2n) is 3.87. The third-order valence-electron chi connectivity index (χ3n) is 2.46. The standard InChI is InChI=1S/C13H15NOS/c1-9-7-11(4-6-13(9)15)14-8-12-5-3-10(2)16-12/h3-7,14-15H,8H2,1-2H3. The Bertz CT molecular complexity index is 490. The van der Waals surface area contributed by atoms with Gasteiger partial charge in [0.2, 0.25) is 0 Å². The summed E-state index contributed by atoms with van der Waals surface area (Å²) in [7, 11) is 0. The molecule has 0 aliphatic carbocycles. The Morgan fingerprint density at radius 1 is 1.19 bits per heavy atom. The van der Waals surface area contributed by atoms with E-state index in [-0.39, 0.29) is 0 Å². The number of hydrogen-bond acceptors (Lipinski definition) is 3. The summed E-state index contributed by atoms with van der Waals surface area (Å²) in [6, 6.07) is 9.83. The van der Waals surface area contributed by atoms with E-state index in [9.17, 15) is 5.11 Å². The van der Waals surface area contributed by atoms with Crippen LogP contribution in [0.2, 0.25) is 0 Å². The molecule has 0 saturated carbocycles. The maximum Gasteiger partial charge on any atom is 0.118 e. The zero-order valence-corrected chi connectivity index (χ0v) is 10.3. The van der Waals surface area contributed by atoms with Crippen LogP contribution in [0.5, 0.6) is 5.75 Å². The van der Waals surface area contributed by atoms with Crippen molar-refractivity contribution >= 4 is 17.0 Å². The first kappa shape index (κ1) is 11.0. The molecule has 1 heterocycles. The number of phenolic OH excluding ortho intramolecular Hbond substituents is 1. The molecule has 0 aliphatic heterocycles. The first-order valence-electron chi connectivity index (χ1n) is 5.24. The topological polar surface area (TPSA) is 32.3 Å². The molecular formula is C13H15NOS. The maximum atomic E-state index is 9.41. The fourth-order valence-electron chi connectivity index (χ4n) is 1.53. The molecule has 0 radical (unpaired) electrons. The van der Waals surface area contributed by atoms with E-state index in [1.165, 1.54) is 9.75 Å². The van der Waals surface area contributed by atoms with Crippen molar-refractivity contribution in [2.45, 2.75) is 20.4 Å². The van der Waals surface area contributed by atoms with Crippen LogP contribution in [0.4, 0.5) is 5.69 Å². The van der Waals surface area contributed by atoms with Crippen molar-refractivity contribution in [3.8, 4) is 5.75 Å². The molecule has 0 saturated heterocycles. The lowest BCUT2D eigenvalue weighted by atomic mass is 10.2. The Labute approximate surface area is 99.6 Å². The van der Waals surface area contributed by atoms with Crippen molar-refractivity contribution in [3.05, 3.63) is 45.6 Å². The van der Waals surface area contributed by atoms with Crippen LogP contribution in [0.1, 0.15) is 15.3 Å². The minimum Gasteiger partial charge on any atom is -0.508 e. The van der Waals surface area contributed by atoms with Crippen molar-refractivity contribution in [2.75, 3.05) is 5.32 Å². The van der Waals surface area contributed by atoms with Crippen molar-refractivity contribution in [1.82, 2.24) is 0 Å². The lowest BCUT2D eigenvalue weighted by Gasteiger charge is -2.06. The Balaban J connectivity index is 2.02. The maximum absolute atomic E-state index is 9.41. The number of benzene rings is 1. The average Bonchev–Trinajstić information content (AvgIpc) is 2.66. The summed E-state index contributed by atoms with van der Waals surface area (Å²) in [4.78, 5) is 2.65. The van der Waals surface area contributed by atoms with E-state index in [0.29, 0.717) is 5.75 Å². The molecule has 1 aromatic heterocycles. The molecule has 2 aromatic rings. The van der Waals surface area contributed by atoms with Gasteiger partial charge in [0.15, 0.2) is 0 Å². The third kappa shape index (κ3) is 2.55. The quantitative estimate of drug-likeness (QED) is 0.793. The highest BCUT2D eigenvalue weighted by molar-refractivity contribution is 7.11. The van der Waals surface area contributed by atoms with E-state index in [1.54, 1.807) is 17.4 Å². The van der Waals surface area contributed by atoms with E-state index < -0.39 is 0 Å². The van der Waals surface area contributed by atoms with Crippen LogP contribution in [0.3, 0.4) is 0 Å². The van der Waals surface area contributed by atoms with Gasteiger partial charge < -0.3 is 10.4 Å². The number of phenols is 1. The van der Waals surface area contributed by atoms with Gasteiger partial charge in [-0.25, -0.2) is 0 Å². The van der Waals surface area contributed by atoms with Crippen LogP contribution in [-0.4, -0.2) is 5.11 Å². The predicted molar refractivity (Wildman–Crippen MR) is 69.2 cm³/mol. The lowest BCUT2D eigenvalue weighted by molar-refractivity contribution is 0.471. The molecule has 0 fully saturated rings. The smallest absolute Gasteiger partial charge is 0.118 e. The molecule has 2 nitrogen and oxygen atoms in total. The lowest BCUT2D eigenvalue weighted by Crippen LogP contribution is -1.97. The molecular weight excluding hydrogens is 218 g/mol. The molecule has 0 amide bonds. The third-order valence-corrected chi connectivity index (χ3v) is 3.46. The van der Waals surface area contributed by atoms with Crippen molar-refractivity contribution in [1.29, 1.82) is 0 Å². The molecule has 0 bridgehead atoms. The van der Waals surface area contributed by atoms with Gasteiger partial charge in [0.05, 0.1) is 0 Å². The van der Waals surface area contributed by atoms with Gasteiger partial charge >= 0.3 is 0 Å². The Kier molecular flexibility index (Phi) is 3.15. The summed E-state index contributed by atoms with van der Waals surface area (Å²) in [6.07, 6.45) is 0. The van der Waals surface area contributed by atoms with Gasteiger partial charge in [-0.2, -0.15) is 0 Å². The second-order valence-corrected chi connectivity index (χ2v) is 5.24. The summed E-state index contributed by atoms with van der Waals surface area (Å²) in [5, 5.41) is 12.7. The van der Waals surface area contributed by atoms with Crippen LogP contribution < -0.4 is 5.32 Å². The van der Waals surface area contributed by atoms with Crippen molar-refractivity contribution in [3.63, 3.8) is 0 Å². The van der Waals surface area contributed by atoms with E-state index in [2.05, 4.69) is 24.4 Å². The second kappa shape index (κ2) is 4.58. The first-order chi connectivity index (χ1) is 7.65. The first-order valence-corrected chi connectivity index (χ1v) is 6.05. The van der Waals surface area contributed by atoms with Gasteiger partial charge in [0.25, 0.3) is 0 Å². The van der Waals surface area contributed by atoms with Crippen LogP contribution in [-0.2, 0) is 6.54 Å². The number of anilines is 1. The van der Waals surface area contributed by atoms with Crippen LogP contribution in [0.15, 0.2) is 30.3 Å². The fourth-order valence-corrected chi connectivity index (χ4v) is 2.36. The number of thiophene rings is 1. The Morgan fingerprint density at radius 2 is 2.00 bits per heavy atom. The minimum absolute atomic E-state index is 0.345. The highest BCUT2D eigenvalue weighted by atomic mass is 32.1. The van der Waals surface area contributed by atoms with Gasteiger partial charge in [-0.15, -0.1) is 11.3 Å². The highest BCUT2D eigenvalue weighted by Gasteiger charge is 1.99. The van der Waals surface area contributed by atoms with Crippen molar-refractivity contribution in [2.24, 2.45) is 0 Å². The van der Waals surface area contributed by atoms with E-state index in [4.69, 9.17) is 0 Å². The number of hydrogen-bond donors (Lipinski definition) is 2. The van der Waals surface area contributed by atoms with Gasteiger partial charge in [0, 0.05) is 22.0 Å². The summed E-state index contributed by atoms with van der Waals surface area (Å²) in [6.45, 7) is 4.84. The molecule has 1 aromatic carbocycles. The van der Waals surface area contributed by atoms with E-state index >= 15 is 0 Å². The normalized spacial score (nSPS) is 10.4. The minimum atomic E-state index is 0.345. The average molecular weight is 233 g/mol. The fraction of sp³-hybridized carbons (Fsp3) is 0.231. The van der Waals surface area contributed by atoms with Crippen molar-refractivity contribution < 1.29 is 5.11 Å². The molecule has 0 spiro atoms. The SMILES string of the molecule is Cc1ccc(CNc2ccc(O)c(C)c2)s1. The molecule has 84 valence electrons. The number of rotatable bonds is 3. The number of aryl methyl sites for hydroxylation is 2. The molecule has 3 heteroatoms. The molecule has 0 atom stereocenters. The van der Waals surface area contributed by atoms with Gasteiger partial charge in [-0.1, -0.05) is 0 Å². The molecule has 16 heavy (non-hydrogen) atoms. The van der Waals surface area contributed by atoms with Gasteiger partial charge in [-0.05, 0) is 49.7 Å². The van der Waals surface area contributed by atoms with Gasteiger partial charge in [-0.3, -0.25) is 0 Å². The zero-order valence-electron chi connectivity index (χ0n) is 9.45. The van der Waals surface area contributed by atoms with E-state index in [1.807, 2.05) is 19.1 Å². The molecule has 2 rings (SSSR count). The summed E-state index contributed by atoms with van der Waals surface area (Å²) < 4.78 is 0. The Morgan fingerprint density at radius 3 is 2.62 bits per heavy atom. The largest absolute Gasteiger partial charge is 0.508 e. The highest BCUT2D eigenvalue weighted by Crippen LogP contribution is 2.21. The molecule has 0 unspecified atom stereocenters. The number of aromatic hydroxyl groups is 1. The van der Waals surface area contributed by atoms with E-state index in [0.717, 1.165) is 17.8 Å². The summed E-state index contributed by atoms with van der Waals surface area (Å²) in [5.41, 5.74) is 1.94. The van der Waals surface area contributed by atoms with Crippen LogP contribution >= 0.6 is 11.3 Å². The molecule has 0 aliphatic rings. The van der Waals surface area contributed by atoms with Crippen LogP contribution in [0.25, 0.3) is 0 Å². The predicted octanol–water partition coefficient (Wildman–Crippen LogP) is 3.68. The zero-order chi connectivity index (χ0) is 11.5. The van der Waals surface area contributed by atoms with Crippen LogP contribution in [0, 0.1) is 13.8 Å². The number of nitrogens with one attached hydrogen (secondary N) is 1. The summed E-state index contributed by atoms with van der Waals surface area (Å²) in [5.74, 6) is 0.345. The van der Waals surface area contributed by atoms with Gasteiger partial charge in [0.1, 0.15) is 5.75 Å². The summed E-state index contributed by atoms with van der Waals surface area (Å²) >= 11 is 1.80. The molecule has 2 N–H and O–H groups in total. The monoisotopic (exact) mass is 233 g/mol. The Hall–Kier alpha value is -1.48.